The van der Waals surface area contributed by atoms with Crippen LogP contribution in [-0.4, -0.2) is 40.2 Å². The van der Waals surface area contributed by atoms with Crippen LogP contribution in [0.1, 0.15) is 31.8 Å². The first-order chi connectivity index (χ1) is 17.2. The Bertz CT molecular complexity index is 1420. The Morgan fingerprint density at radius 2 is 1.78 bits per heavy atom. The largest absolute Gasteiger partial charge is 0.493 e. The van der Waals surface area contributed by atoms with E-state index in [-0.39, 0.29) is 12.2 Å². The molecule has 3 N–H and O–H groups in total. The molecule has 0 aromatic heterocycles. The molecule has 190 valence electrons. The highest BCUT2D eigenvalue weighted by Crippen LogP contribution is 2.51. The third-order valence-corrected chi connectivity index (χ3v) is 8.49. The Kier molecular flexibility index (Phi) is 6.12. The second-order valence-corrected chi connectivity index (χ2v) is 11.0. The van der Waals surface area contributed by atoms with E-state index in [9.17, 15) is 18.3 Å². The van der Waals surface area contributed by atoms with E-state index in [1.807, 2.05) is 36.4 Å². The van der Waals surface area contributed by atoms with Crippen molar-refractivity contribution in [2.24, 2.45) is 0 Å². The van der Waals surface area contributed by atoms with Crippen molar-refractivity contribution in [3.05, 3.63) is 77.9 Å². The highest BCUT2D eigenvalue weighted by Gasteiger charge is 2.52. The maximum absolute atomic E-state index is 13.4. The molecule has 0 radical (unpaired) electrons. The number of nitrogens with one attached hydrogen (secondary N) is 2. The molecule has 36 heavy (non-hydrogen) atoms. The first-order valence-electron chi connectivity index (χ1n) is 11.7. The molecule has 0 bridgehead atoms. The number of aliphatic hydroxyl groups is 1. The van der Waals surface area contributed by atoms with Crippen molar-refractivity contribution in [3.63, 3.8) is 0 Å². The van der Waals surface area contributed by atoms with Crippen molar-refractivity contribution in [1.29, 1.82) is 0 Å². The van der Waals surface area contributed by atoms with Gasteiger partial charge in [-0.05, 0) is 73.0 Å². The van der Waals surface area contributed by atoms with E-state index in [0.717, 1.165) is 16.7 Å². The van der Waals surface area contributed by atoms with Gasteiger partial charge in [0.15, 0.2) is 5.79 Å². The average molecular weight is 511 g/mol. The number of carbonyl (C=O) groups excluding carboxylic acids is 1. The highest BCUT2D eigenvalue weighted by molar-refractivity contribution is 7.89. The van der Waals surface area contributed by atoms with Gasteiger partial charge in [0.1, 0.15) is 5.75 Å². The molecule has 8 nitrogen and oxygen atoms in total. The summed E-state index contributed by atoms with van der Waals surface area (Å²) in [5.74, 6) is -0.994. The summed E-state index contributed by atoms with van der Waals surface area (Å²) in [5.41, 5.74) is 3.00. The third-order valence-electron chi connectivity index (χ3n) is 7.06. The maximum atomic E-state index is 13.4. The number of hydrogen-bond donors (Lipinski definition) is 3. The molecule has 1 aliphatic carbocycles. The van der Waals surface area contributed by atoms with E-state index in [2.05, 4.69) is 10.0 Å². The van der Waals surface area contributed by atoms with Crippen LogP contribution in [-0.2, 0) is 30.8 Å². The molecule has 9 heteroatoms. The number of fused-ring (bicyclic) bond motifs is 1. The Hall–Kier alpha value is -3.24. The highest BCUT2D eigenvalue weighted by atomic mass is 32.2. The molecule has 1 atom stereocenters. The average Bonchev–Trinajstić information content (AvgIpc) is 3.71. The van der Waals surface area contributed by atoms with Crippen LogP contribution in [0.3, 0.4) is 0 Å². The number of rotatable bonds is 7. The van der Waals surface area contributed by atoms with Gasteiger partial charge in [0.05, 0.1) is 22.5 Å². The van der Waals surface area contributed by atoms with Crippen LogP contribution in [0.15, 0.2) is 71.6 Å². The Balaban J connectivity index is 0.00000320. The first kappa shape index (κ1) is 24.5. The molecule has 0 saturated heterocycles. The van der Waals surface area contributed by atoms with Crippen LogP contribution in [0.25, 0.3) is 11.1 Å². The molecule has 3 aromatic rings. The van der Waals surface area contributed by atoms with E-state index in [1.54, 1.807) is 30.3 Å². The molecule has 3 aromatic carbocycles. The van der Waals surface area contributed by atoms with Gasteiger partial charge in [0.25, 0.3) is 0 Å². The standard InChI is InChI=1S/C27H28N2O6S.H2/c1-28-36(32,33)22-9-6-18(7-10-22)19-4-3-5-21(16-19)29-25(30)26(12-13-26)20-8-11-24-23(17-20)27(31,34-2)14-15-35-24;/h3-11,16-17,28,31H,12-15H2,1-2H3,(H,29,30);1H. The van der Waals surface area contributed by atoms with Gasteiger partial charge in [-0.2, -0.15) is 0 Å². The number of sulfonamides is 1. The summed E-state index contributed by atoms with van der Waals surface area (Å²) < 4.78 is 37.3. The monoisotopic (exact) mass is 510 g/mol. The summed E-state index contributed by atoms with van der Waals surface area (Å²) in [4.78, 5) is 13.6. The Morgan fingerprint density at radius 1 is 1.03 bits per heavy atom. The Labute approximate surface area is 211 Å². The van der Waals surface area contributed by atoms with Crippen molar-refractivity contribution in [3.8, 4) is 16.9 Å². The molecule has 1 unspecified atom stereocenters. The summed E-state index contributed by atoms with van der Waals surface area (Å²) in [6.45, 7) is 0.354. The molecular formula is C27H30N2O6S. The number of hydrogen-bond acceptors (Lipinski definition) is 6. The summed E-state index contributed by atoms with van der Waals surface area (Å²) in [5, 5.41) is 13.9. The van der Waals surface area contributed by atoms with E-state index < -0.39 is 21.2 Å². The second-order valence-electron chi connectivity index (χ2n) is 9.15. The molecular weight excluding hydrogens is 480 g/mol. The molecule has 1 heterocycles. The number of methoxy groups -OCH3 is 1. The van der Waals surface area contributed by atoms with Crippen molar-refractivity contribution in [1.82, 2.24) is 4.72 Å². The first-order valence-corrected chi connectivity index (χ1v) is 13.2. The zero-order chi connectivity index (χ0) is 25.6. The lowest BCUT2D eigenvalue weighted by Crippen LogP contribution is -2.35. The van der Waals surface area contributed by atoms with E-state index in [0.29, 0.717) is 42.9 Å². The molecule has 1 amide bonds. The molecule has 1 aliphatic heterocycles. The fraction of sp³-hybridized carbons (Fsp3) is 0.296. The van der Waals surface area contributed by atoms with Crippen LogP contribution < -0.4 is 14.8 Å². The van der Waals surface area contributed by atoms with Gasteiger partial charge in [-0.1, -0.05) is 30.3 Å². The Morgan fingerprint density at radius 3 is 2.44 bits per heavy atom. The van der Waals surface area contributed by atoms with Crippen molar-refractivity contribution in [2.75, 3.05) is 26.1 Å². The molecule has 1 saturated carbocycles. The van der Waals surface area contributed by atoms with Gasteiger partial charge in [0, 0.05) is 20.6 Å². The lowest BCUT2D eigenvalue weighted by molar-refractivity contribution is -0.209. The number of carbonyl (C=O) groups is 1. The van der Waals surface area contributed by atoms with Gasteiger partial charge in [-0.3, -0.25) is 4.79 Å². The number of benzene rings is 3. The zero-order valence-electron chi connectivity index (χ0n) is 20.1. The summed E-state index contributed by atoms with van der Waals surface area (Å²) in [6, 6.07) is 19.5. The van der Waals surface area contributed by atoms with E-state index >= 15 is 0 Å². The third kappa shape index (κ3) is 4.28. The summed E-state index contributed by atoms with van der Waals surface area (Å²) in [7, 11) is -0.678. The molecule has 0 spiro atoms. The van der Waals surface area contributed by atoms with Crippen molar-refractivity contribution in [2.45, 2.75) is 35.4 Å². The minimum atomic E-state index is -3.51. The quantitative estimate of drug-likeness (QED) is 0.417. The van der Waals surface area contributed by atoms with Crippen LogP contribution in [0.5, 0.6) is 5.75 Å². The van der Waals surface area contributed by atoms with Crippen molar-refractivity contribution >= 4 is 21.6 Å². The van der Waals surface area contributed by atoms with Crippen LogP contribution in [0.2, 0.25) is 0 Å². The smallest absolute Gasteiger partial charge is 0.240 e. The molecule has 5 rings (SSSR count). The van der Waals surface area contributed by atoms with Gasteiger partial charge in [-0.25, -0.2) is 13.1 Å². The SMILES string of the molecule is CNS(=O)(=O)c1ccc(-c2cccc(NC(=O)C3(c4ccc5c(c4)C(O)(OC)CCO5)CC3)c2)cc1.[HH]. The van der Waals surface area contributed by atoms with Crippen LogP contribution in [0, 0.1) is 0 Å². The van der Waals surface area contributed by atoms with Gasteiger partial charge < -0.3 is 19.9 Å². The predicted octanol–water partition coefficient (Wildman–Crippen LogP) is 3.75. The predicted molar refractivity (Wildman–Crippen MR) is 137 cm³/mol. The lowest BCUT2D eigenvalue weighted by atomic mass is 9.89. The number of ether oxygens (including phenoxy) is 2. The topological polar surface area (TPSA) is 114 Å². The summed E-state index contributed by atoms with van der Waals surface area (Å²) >= 11 is 0. The van der Waals surface area contributed by atoms with Crippen molar-refractivity contribution < 1.29 is 29.2 Å². The molecule has 1 fully saturated rings. The zero-order valence-corrected chi connectivity index (χ0v) is 20.9. The van der Waals surface area contributed by atoms with Gasteiger partial charge >= 0.3 is 0 Å². The normalized spacial score (nSPS) is 20.2. The van der Waals surface area contributed by atoms with Crippen LogP contribution >= 0.6 is 0 Å². The van der Waals surface area contributed by atoms with E-state index in [4.69, 9.17) is 9.47 Å². The van der Waals surface area contributed by atoms with Gasteiger partial charge in [-0.15, -0.1) is 0 Å². The minimum Gasteiger partial charge on any atom is -0.493 e. The number of amides is 1. The minimum absolute atomic E-state index is 0. The lowest BCUT2D eigenvalue weighted by Gasteiger charge is -2.33. The van der Waals surface area contributed by atoms with Crippen LogP contribution in [0.4, 0.5) is 5.69 Å². The fourth-order valence-corrected chi connectivity index (χ4v) is 5.38. The van der Waals surface area contributed by atoms with Gasteiger partial charge in [0.2, 0.25) is 15.9 Å². The second kappa shape index (κ2) is 9.01. The maximum Gasteiger partial charge on any atom is 0.240 e. The molecule has 2 aliphatic rings. The summed E-state index contributed by atoms with van der Waals surface area (Å²) in [6.07, 6.45) is 1.71. The fourth-order valence-electron chi connectivity index (χ4n) is 4.65. The van der Waals surface area contributed by atoms with E-state index in [1.165, 1.54) is 14.2 Å². The number of anilines is 1.